The molecule has 1 aliphatic rings. The summed E-state index contributed by atoms with van der Waals surface area (Å²) in [4.78, 5) is 41.1. The number of carbonyl (C=O) groups excluding carboxylic acids is 2. The van der Waals surface area contributed by atoms with Crippen molar-refractivity contribution in [3.05, 3.63) is 58.1 Å². The van der Waals surface area contributed by atoms with Gasteiger partial charge in [-0.15, -0.1) is 0 Å². The first-order chi connectivity index (χ1) is 18.7. The molecule has 1 saturated heterocycles. The molecule has 2 heterocycles. The van der Waals surface area contributed by atoms with E-state index >= 15 is 0 Å². The Bertz CT molecular complexity index is 1170. The Morgan fingerprint density at radius 1 is 1.10 bits per heavy atom. The number of benzene rings is 1. The quantitative estimate of drug-likeness (QED) is 0.239. The molecular formula is C27H35F2N3O7. The summed E-state index contributed by atoms with van der Waals surface area (Å²) in [6.07, 6.45) is 3.81. The Morgan fingerprint density at radius 2 is 1.77 bits per heavy atom. The van der Waals surface area contributed by atoms with Crippen LogP contribution in [0.25, 0.3) is 0 Å². The fourth-order valence-corrected chi connectivity index (χ4v) is 4.24. The number of hydrogen-bond acceptors (Lipinski definition) is 8. The van der Waals surface area contributed by atoms with Gasteiger partial charge < -0.3 is 25.0 Å². The minimum atomic E-state index is -3.85. The molecule has 39 heavy (non-hydrogen) atoms. The van der Waals surface area contributed by atoms with Crippen molar-refractivity contribution in [3.63, 3.8) is 0 Å². The average molecular weight is 552 g/mol. The van der Waals surface area contributed by atoms with Gasteiger partial charge in [-0.1, -0.05) is 57.9 Å². The molecule has 0 unspecified atom stereocenters. The molecule has 12 heteroatoms. The van der Waals surface area contributed by atoms with Gasteiger partial charge in [-0.25, -0.2) is 9.59 Å². The van der Waals surface area contributed by atoms with E-state index in [0.717, 1.165) is 31.5 Å². The second-order valence-corrected chi connectivity index (χ2v) is 9.48. The number of aliphatic hydroxyl groups is 2. The molecule has 214 valence electrons. The minimum absolute atomic E-state index is 0.0991. The van der Waals surface area contributed by atoms with Crippen LogP contribution in [0.2, 0.25) is 0 Å². The first-order valence-electron chi connectivity index (χ1n) is 13.2. The molecule has 1 amide bonds. The molecule has 0 bridgehead atoms. The normalized spacial score (nSPS) is 20.1. The van der Waals surface area contributed by atoms with Crippen molar-refractivity contribution in [1.82, 2.24) is 9.55 Å². The number of rotatable bonds is 14. The standard InChI is InChI=1S/C27H35F2N3O7/c1-2-3-4-5-6-7-8-9-15-38-24(36)19-12-10-11-18(16-19)23(35)30-21-13-14-32(26(37)31-21)25-27(28,29)22(34)20(17-33)39-25/h10-14,16,20,22,25,33-34H,2-9,15,17H2,1H3,(H,30,31,35,37)/t20-,22-,25-/m1/s1. The average Bonchev–Trinajstić information content (AvgIpc) is 3.15. The van der Waals surface area contributed by atoms with E-state index in [1.54, 1.807) is 0 Å². The fourth-order valence-electron chi connectivity index (χ4n) is 4.24. The molecule has 0 radical (unpaired) electrons. The number of unbranched alkanes of at least 4 members (excludes halogenated alkanes) is 7. The van der Waals surface area contributed by atoms with Gasteiger partial charge >= 0.3 is 17.6 Å². The molecule has 2 aromatic rings. The number of aliphatic hydroxyl groups excluding tert-OH is 2. The Kier molecular flexibility index (Phi) is 11.1. The molecule has 1 aliphatic heterocycles. The number of esters is 1. The van der Waals surface area contributed by atoms with E-state index in [0.29, 0.717) is 4.57 Å². The van der Waals surface area contributed by atoms with Crippen LogP contribution in [0.4, 0.5) is 14.6 Å². The molecule has 1 fully saturated rings. The van der Waals surface area contributed by atoms with Gasteiger partial charge in [-0.05, 0) is 30.7 Å². The lowest BCUT2D eigenvalue weighted by molar-refractivity contribution is -0.140. The van der Waals surface area contributed by atoms with E-state index in [-0.39, 0.29) is 23.6 Å². The fraction of sp³-hybridized carbons (Fsp3) is 0.556. The first-order valence-corrected chi connectivity index (χ1v) is 13.2. The zero-order valence-electron chi connectivity index (χ0n) is 21.9. The second kappa shape index (κ2) is 14.2. The maximum absolute atomic E-state index is 14.3. The molecule has 3 rings (SSSR count). The predicted octanol–water partition coefficient (Wildman–Crippen LogP) is 3.68. The molecule has 3 atom stereocenters. The predicted molar refractivity (Wildman–Crippen MR) is 138 cm³/mol. The van der Waals surface area contributed by atoms with Crippen molar-refractivity contribution < 1.29 is 38.1 Å². The van der Waals surface area contributed by atoms with Gasteiger partial charge in [0, 0.05) is 11.8 Å². The number of nitrogens with zero attached hydrogens (tertiary/aromatic N) is 2. The third-order valence-corrected chi connectivity index (χ3v) is 6.48. The van der Waals surface area contributed by atoms with Crippen molar-refractivity contribution >= 4 is 17.7 Å². The van der Waals surface area contributed by atoms with Crippen molar-refractivity contribution in [3.8, 4) is 0 Å². The molecule has 0 spiro atoms. The highest BCUT2D eigenvalue weighted by molar-refractivity contribution is 6.05. The summed E-state index contributed by atoms with van der Waals surface area (Å²) in [5.74, 6) is -5.32. The highest BCUT2D eigenvalue weighted by atomic mass is 19.3. The first kappa shape index (κ1) is 30.3. The molecule has 3 N–H and O–H groups in total. The van der Waals surface area contributed by atoms with Gasteiger partial charge in [-0.3, -0.25) is 9.36 Å². The summed E-state index contributed by atoms with van der Waals surface area (Å²) in [7, 11) is 0. The Morgan fingerprint density at radius 3 is 2.41 bits per heavy atom. The minimum Gasteiger partial charge on any atom is -0.462 e. The van der Waals surface area contributed by atoms with Crippen molar-refractivity contribution in [2.75, 3.05) is 18.5 Å². The van der Waals surface area contributed by atoms with Crippen LogP contribution in [0.3, 0.4) is 0 Å². The van der Waals surface area contributed by atoms with E-state index < -0.39 is 48.5 Å². The highest BCUT2D eigenvalue weighted by Crippen LogP contribution is 2.42. The third-order valence-electron chi connectivity index (χ3n) is 6.48. The third kappa shape index (κ3) is 7.90. The number of hydrogen-bond donors (Lipinski definition) is 3. The van der Waals surface area contributed by atoms with E-state index in [1.807, 2.05) is 0 Å². The smallest absolute Gasteiger partial charge is 0.351 e. The number of halogens is 2. The Hall–Kier alpha value is -3.22. The van der Waals surface area contributed by atoms with E-state index in [1.165, 1.54) is 56.4 Å². The molecular weight excluding hydrogens is 516 g/mol. The summed E-state index contributed by atoms with van der Waals surface area (Å²) in [5, 5.41) is 21.2. The summed E-state index contributed by atoms with van der Waals surface area (Å²) < 4.78 is 39.4. The van der Waals surface area contributed by atoms with Crippen LogP contribution >= 0.6 is 0 Å². The lowest BCUT2D eigenvalue weighted by Crippen LogP contribution is -2.41. The molecule has 1 aromatic carbocycles. The summed E-state index contributed by atoms with van der Waals surface area (Å²) in [6, 6.07) is 6.93. The number of carbonyl (C=O) groups is 2. The van der Waals surface area contributed by atoms with Crippen LogP contribution in [0.1, 0.15) is 85.2 Å². The van der Waals surface area contributed by atoms with Crippen LogP contribution < -0.4 is 11.0 Å². The van der Waals surface area contributed by atoms with Crippen LogP contribution in [-0.2, 0) is 9.47 Å². The topological polar surface area (TPSA) is 140 Å². The summed E-state index contributed by atoms with van der Waals surface area (Å²) in [5.41, 5.74) is -0.883. The lowest BCUT2D eigenvalue weighted by atomic mass is 10.1. The van der Waals surface area contributed by atoms with Crippen molar-refractivity contribution in [2.24, 2.45) is 0 Å². The molecule has 10 nitrogen and oxygen atoms in total. The number of ether oxygens (including phenoxy) is 2. The molecule has 1 aromatic heterocycles. The van der Waals surface area contributed by atoms with E-state index in [2.05, 4.69) is 17.2 Å². The largest absolute Gasteiger partial charge is 0.462 e. The number of alkyl halides is 2. The second-order valence-electron chi connectivity index (χ2n) is 9.48. The molecule has 0 aliphatic carbocycles. The van der Waals surface area contributed by atoms with E-state index in [4.69, 9.17) is 14.6 Å². The van der Waals surface area contributed by atoms with E-state index in [9.17, 15) is 28.3 Å². The SMILES string of the molecule is CCCCCCCCCCOC(=O)c1cccc(C(=O)Nc2ccn([C@@H]3O[C@H](CO)[C@@H](O)C3(F)F)c(=O)n2)c1. The zero-order valence-corrected chi connectivity index (χ0v) is 21.9. The van der Waals surface area contributed by atoms with Crippen molar-refractivity contribution in [1.29, 1.82) is 0 Å². The van der Waals surface area contributed by atoms with Crippen LogP contribution in [0, 0.1) is 0 Å². The zero-order chi connectivity index (χ0) is 28.4. The summed E-state index contributed by atoms with van der Waals surface area (Å²) >= 11 is 0. The monoisotopic (exact) mass is 551 g/mol. The van der Waals surface area contributed by atoms with Crippen molar-refractivity contribution in [2.45, 2.75) is 82.6 Å². The number of aromatic nitrogens is 2. The van der Waals surface area contributed by atoms with Gasteiger partial charge in [0.25, 0.3) is 5.91 Å². The molecule has 0 saturated carbocycles. The van der Waals surface area contributed by atoms with Gasteiger partial charge in [0.1, 0.15) is 11.9 Å². The van der Waals surface area contributed by atoms with Gasteiger partial charge in [-0.2, -0.15) is 13.8 Å². The Labute approximate surface area is 225 Å². The maximum atomic E-state index is 14.3. The Balaban J connectivity index is 1.53. The van der Waals surface area contributed by atoms with Crippen LogP contribution in [0.15, 0.2) is 41.3 Å². The maximum Gasteiger partial charge on any atom is 0.351 e. The number of anilines is 1. The summed E-state index contributed by atoms with van der Waals surface area (Å²) in [6.45, 7) is 1.59. The van der Waals surface area contributed by atoms with Crippen LogP contribution in [-0.4, -0.2) is 63.0 Å². The number of nitrogens with one attached hydrogen (secondary N) is 1. The number of amides is 1. The van der Waals surface area contributed by atoms with Gasteiger partial charge in [0.15, 0.2) is 6.10 Å². The van der Waals surface area contributed by atoms with Gasteiger partial charge in [0.05, 0.1) is 18.8 Å². The highest BCUT2D eigenvalue weighted by Gasteiger charge is 2.59. The van der Waals surface area contributed by atoms with Crippen LogP contribution in [0.5, 0.6) is 0 Å². The lowest BCUT2D eigenvalue weighted by Gasteiger charge is -2.21. The van der Waals surface area contributed by atoms with Gasteiger partial charge in [0.2, 0.25) is 6.23 Å².